The van der Waals surface area contributed by atoms with Gasteiger partial charge in [-0.1, -0.05) is 55.6 Å². The molecule has 1 atom stereocenters. The van der Waals surface area contributed by atoms with Gasteiger partial charge in [-0.05, 0) is 89.0 Å². The van der Waals surface area contributed by atoms with Crippen molar-refractivity contribution >= 4 is 28.3 Å². The molecule has 0 unspecified atom stereocenters. The predicted molar refractivity (Wildman–Crippen MR) is 149 cm³/mol. The molecule has 1 aliphatic carbocycles. The summed E-state index contributed by atoms with van der Waals surface area (Å²) in [5.41, 5.74) is 3.63. The summed E-state index contributed by atoms with van der Waals surface area (Å²) in [5.74, 6) is -0.0676. The van der Waals surface area contributed by atoms with Gasteiger partial charge in [0.1, 0.15) is 7.11 Å². The molecule has 0 N–H and O–H groups in total. The molecule has 0 saturated heterocycles. The van der Waals surface area contributed by atoms with Crippen LogP contribution in [0.5, 0.6) is 0 Å². The van der Waals surface area contributed by atoms with Crippen LogP contribution < -0.4 is 0 Å². The number of allylic oxidation sites excluding steroid dienone is 5. The Bertz CT molecular complexity index is 743. The molecule has 34 heavy (non-hydrogen) atoms. The average molecular weight is 508 g/mol. The zero-order valence-corrected chi connectivity index (χ0v) is 25.0. The highest BCUT2D eigenvalue weighted by Gasteiger charge is 2.22. The van der Waals surface area contributed by atoms with E-state index in [1.165, 1.54) is 30.4 Å². The van der Waals surface area contributed by atoms with Gasteiger partial charge in [-0.2, -0.15) is 0 Å². The van der Waals surface area contributed by atoms with Crippen molar-refractivity contribution in [2.45, 2.75) is 117 Å². The van der Waals surface area contributed by atoms with Gasteiger partial charge in [-0.25, -0.2) is 0 Å². The van der Waals surface area contributed by atoms with E-state index in [4.69, 9.17) is 13.7 Å². The van der Waals surface area contributed by atoms with Gasteiger partial charge in [0.25, 0.3) is 5.97 Å². The number of hydrogen-bond acceptors (Lipinski definition) is 5. The van der Waals surface area contributed by atoms with Crippen molar-refractivity contribution in [3.8, 4) is 0 Å². The number of hydrogen-bond donors (Lipinski definition) is 0. The lowest BCUT2D eigenvalue weighted by Crippen LogP contribution is -2.31. The third-order valence-electron chi connectivity index (χ3n) is 5.34. The molecule has 0 spiro atoms. The molecule has 0 amide bonds. The SMILES string of the molecule is CCCCC[C@@H](/C=C/C1=C(C/C=C\CCCC(=O)O[Si](C)(C)C)C(=N/OC)/CC1)O[Si](C)(C)C. The van der Waals surface area contributed by atoms with E-state index in [1.54, 1.807) is 7.11 Å². The largest absolute Gasteiger partial charge is 0.520 e. The Morgan fingerprint density at radius 1 is 1.03 bits per heavy atom. The van der Waals surface area contributed by atoms with Gasteiger partial charge in [0, 0.05) is 6.42 Å². The molecule has 0 aromatic heterocycles. The Balaban J connectivity index is 2.78. The molecular weight excluding hydrogens is 458 g/mol. The Labute approximate surface area is 211 Å². The van der Waals surface area contributed by atoms with Crippen LogP contribution in [-0.4, -0.2) is 41.5 Å². The van der Waals surface area contributed by atoms with Crippen LogP contribution in [0.1, 0.15) is 71.1 Å². The average Bonchev–Trinajstić information content (AvgIpc) is 3.08. The second kappa shape index (κ2) is 15.5. The summed E-state index contributed by atoms with van der Waals surface area (Å²) in [4.78, 5) is 17.0. The van der Waals surface area contributed by atoms with Gasteiger partial charge in [0.05, 0.1) is 11.8 Å². The van der Waals surface area contributed by atoms with E-state index in [0.29, 0.717) is 6.42 Å². The van der Waals surface area contributed by atoms with E-state index in [9.17, 15) is 4.79 Å². The molecule has 0 radical (unpaired) electrons. The molecule has 0 heterocycles. The predicted octanol–water partition coefficient (Wildman–Crippen LogP) is 7.93. The molecule has 0 fully saturated rings. The van der Waals surface area contributed by atoms with Crippen molar-refractivity contribution in [2.75, 3.05) is 7.11 Å². The van der Waals surface area contributed by atoms with E-state index in [-0.39, 0.29) is 12.1 Å². The minimum Gasteiger partial charge on any atom is -0.520 e. The van der Waals surface area contributed by atoms with Crippen LogP contribution >= 0.6 is 0 Å². The van der Waals surface area contributed by atoms with Crippen LogP contribution in [0.3, 0.4) is 0 Å². The molecule has 0 aliphatic heterocycles. The molecule has 7 heteroatoms. The summed E-state index contributed by atoms with van der Waals surface area (Å²) in [5, 5.41) is 4.28. The molecule has 0 aromatic carbocycles. The Hall–Kier alpha value is -1.45. The zero-order chi connectivity index (χ0) is 25.6. The highest BCUT2D eigenvalue weighted by Crippen LogP contribution is 2.29. The summed E-state index contributed by atoms with van der Waals surface area (Å²) < 4.78 is 12.0. The van der Waals surface area contributed by atoms with Crippen LogP contribution in [0.25, 0.3) is 0 Å². The van der Waals surface area contributed by atoms with Gasteiger partial charge in [0.2, 0.25) is 8.32 Å². The second-order valence-electron chi connectivity index (χ2n) is 11.0. The molecule has 0 saturated carbocycles. The third-order valence-corrected chi connectivity index (χ3v) is 7.19. The lowest BCUT2D eigenvalue weighted by molar-refractivity contribution is -0.135. The normalized spacial score (nSPS) is 17.4. The fourth-order valence-corrected chi connectivity index (χ4v) is 5.82. The number of unbranched alkanes of at least 4 members (excludes halogenated alkanes) is 3. The van der Waals surface area contributed by atoms with Gasteiger partial charge >= 0.3 is 0 Å². The molecule has 5 nitrogen and oxygen atoms in total. The summed E-state index contributed by atoms with van der Waals surface area (Å²) >= 11 is 0. The van der Waals surface area contributed by atoms with E-state index in [1.807, 2.05) is 19.6 Å². The van der Waals surface area contributed by atoms with Gasteiger partial charge in [-0.15, -0.1) is 0 Å². The van der Waals surface area contributed by atoms with Crippen LogP contribution in [0.15, 0.2) is 40.6 Å². The van der Waals surface area contributed by atoms with E-state index >= 15 is 0 Å². The van der Waals surface area contributed by atoms with E-state index in [0.717, 1.165) is 44.2 Å². The summed E-state index contributed by atoms with van der Waals surface area (Å²) in [6.07, 6.45) is 18.7. The van der Waals surface area contributed by atoms with Crippen LogP contribution in [-0.2, 0) is 18.5 Å². The van der Waals surface area contributed by atoms with Crippen molar-refractivity contribution in [1.29, 1.82) is 0 Å². The first-order chi connectivity index (χ1) is 15.9. The summed E-state index contributed by atoms with van der Waals surface area (Å²) in [6.45, 7) is 15.1. The van der Waals surface area contributed by atoms with Gasteiger partial charge in [0.15, 0.2) is 8.32 Å². The fourth-order valence-electron chi connectivity index (χ4n) is 3.93. The number of rotatable bonds is 16. The number of oxime groups is 1. The van der Waals surface area contributed by atoms with Crippen molar-refractivity contribution in [1.82, 2.24) is 0 Å². The molecule has 0 bridgehead atoms. The number of carbonyl (C=O) groups excluding carboxylic acids is 1. The minimum atomic E-state index is -1.79. The third kappa shape index (κ3) is 14.1. The maximum Gasteiger partial charge on any atom is 0.292 e. The van der Waals surface area contributed by atoms with Gasteiger partial charge in [-0.3, -0.25) is 4.79 Å². The Morgan fingerprint density at radius 3 is 2.38 bits per heavy atom. The first-order valence-corrected chi connectivity index (χ1v) is 19.8. The fraction of sp³-hybridized carbons (Fsp3) is 0.704. The molecule has 1 rings (SSSR count). The van der Waals surface area contributed by atoms with Crippen LogP contribution in [0.4, 0.5) is 0 Å². The van der Waals surface area contributed by atoms with E-state index < -0.39 is 16.6 Å². The maximum atomic E-state index is 11.9. The highest BCUT2D eigenvalue weighted by molar-refractivity contribution is 6.71. The van der Waals surface area contributed by atoms with Gasteiger partial charge < -0.3 is 13.7 Å². The quantitative estimate of drug-likeness (QED) is 0.0921. The molecule has 0 aromatic rings. The Morgan fingerprint density at radius 2 is 1.76 bits per heavy atom. The van der Waals surface area contributed by atoms with Crippen molar-refractivity contribution in [2.24, 2.45) is 5.16 Å². The second-order valence-corrected chi connectivity index (χ2v) is 19.9. The topological polar surface area (TPSA) is 57.1 Å². The molecule has 1 aliphatic rings. The standard InChI is InChI=1S/C27H49NO4Si2/c1-9-10-13-16-24(31-33(3,4)5)21-19-23-20-22-26(28-30-2)25(23)17-14-11-12-15-18-27(29)32-34(6,7)8/h11,14,19,21,24H,9-10,12-13,15-18,20,22H2,1-8H3/b14-11-,21-19+,28-26+/t24-/m0/s1. The van der Waals surface area contributed by atoms with Crippen LogP contribution in [0.2, 0.25) is 39.3 Å². The zero-order valence-electron chi connectivity index (χ0n) is 23.0. The van der Waals surface area contributed by atoms with Crippen molar-refractivity contribution < 1.29 is 18.5 Å². The number of carbonyl (C=O) groups is 1. The first kappa shape index (κ1) is 30.6. The van der Waals surface area contributed by atoms with Crippen LogP contribution in [0, 0.1) is 0 Å². The smallest absolute Gasteiger partial charge is 0.292 e. The molecular formula is C27H49NO4Si2. The van der Waals surface area contributed by atoms with Crippen molar-refractivity contribution in [3.63, 3.8) is 0 Å². The summed E-state index contributed by atoms with van der Waals surface area (Å²) in [6, 6.07) is 0. The minimum absolute atomic E-state index is 0.0676. The summed E-state index contributed by atoms with van der Waals surface area (Å²) in [7, 11) is -1.79. The lowest BCUT2D eigenvalue weighted by Gasteiger charge is -2.24. The maximum absolute atomic E-state index is 11.9. The monoisotopic (exact) mass is 507 g/mol. The highest BCUT2D eigenvalue weighted by atomic mass is 28.4. The Kier molecular flexibility index (Phi) is 14.0. The first-order valence-electron chi connectivity index (χ1n) is 13.0. The van der Waals surface area contributed by atoms with E-state index in [2.05, 4.69) is 56.0 Å². The lowest BCUT2D eigenvalue weighted by atomic mass is 10.0. The van der Waals surface area contributed by atoms with Crippen molar-refractivity contribution in [3.05, 3.63) is 35.5 Å². The molecule has 194 valence electrons. The number of nitrogens with zero attached hydrogens (tertiary/aromatic N) is 1.